The molecule has 294 valence electrons. The predicted molar refractivity (Wildman–Crippen MR) is 200 cm³/mol. The second kappa shape index (κ2) is 14.8. The van der Waals surface area contributed by atoms with Crippen molar-refractivity contribution >= 4 is 23.9 Å². The van der Waals surface area contributed by atoms with Gasteiger partial charge < -0.3 is 39.8 Å². The number of nitrogens with zero attached hydrogens (tertiary/aromatic N) is 1. The summed E-state index contributed by atoms with van der Waals surface area (Å²) in [4.78, 5) is 49.3. The minimum absolute atomic E-state index is 0.0150. The van der Waals surface area contributed by atoms with Crippen LogP contribution in [-0.4, -0.2) is 101 Å². The summed E-state index contributed by atoms with van der Waals surface area (Å²) in [6.07, 6.45) is 3.41. The summed E-state index contributed by atoms with van der Waals surface area (Å²) in [7, 11) is 0. The van der Waals surface area contributed by atoms with E-state index in [1.165, 1.54) is 12.0 Å². The summed E-state index contributed by atoms with van der Waals surface area (Å²) >= 11 is 0. The van der Waals surface area contributed by atoms with Crippen molar-refractivity contribution in [1.82, 2.24) is 15.7 Å². The number of rotatable bonds is 12. The van der Waals surface area contributed by atoms with Gasteiger partial charge in [0.25, 0.3) is 0 Å². The van der Waals surface area contributed by atoms with Gasteiger partial charge in [0, 0.05) is 24.1 Å². The van der Waals surface area contributed by atoms with Crippen LogP contribution in [0.2, 0.25) is 0 Å². The number of nitrogens with one attached hydrogen (secondary N) is 2. The van der Waals surface area contributed by atoms with E-state index in [2.05, 4.69) is 22.8 Å². The Kier molecular flexibility index (Phi) is 9.81. The van der Waals surface area contributed by atoms with Gasteiger partial charge in [-0.1, -0.05) is 97.1 Å². The Morgan fingerprint density at radius 2 is 1.68 bits per heavy atom. The highest BCUT2D eigenvalue weighted by Crippen LogP contribution is 2.59. The quantitative estimate of drug-likeness (QED) is 0.158. The van der Waals surface area contributed by atoms with Crippen LogP contribution in [0.1, 0.15) is 54.9 Å². The molecular weight excluding hydrogens is 718 g/mol. The lowest BCUT2D eigenvalue weighted by Gasteiger charge is -2.49. The van der Waals surface area contributed by atoms with E-state index in [9.17, 15) is 24.6 Å². The number of aliphatic hydroxyl groups excluding tert-OH is 2. The van der Waals surface area contributed by atoms with Gasteiger partial charge in [0.05, 0.1) is 31.5 Å². The van der Waals surface area contributed by atoms with Crippen LogP contribution < -0.4 is 10.6 Å². The van der Waals surface area contributed by atoms with Crippen molar-refractivity contribution in [3.63, 3.8) is 0 Å². The Labute approximate surface area is 324 Å². The zero-order chi connectivity index (χ0) is 38.6. The molecule has 0 spiro atoms. The van der Waals surface area contributed by atoms with Crippen LogP contribution in [-0.2, 0) is 50.5 Å². The summed E-state index contributed by atoms with van der Waals surface area (Å²) < 4.78 is 25.9. The van der Waals surface area contributed by atoms with E-state index in [-0.39, 0.29) is 26.1 Å². The average molecular weight is 766 g/mol. The number of esters is 1. The van der Waals surface area contributed by atoms with Gasteiger partial charge in [-0.2, -0.15) is 5.06 Å². The fourth-order valence-corrected chi connectivity index (χ4v) is 9.49. The van der Waals surface area contributed by atoms with Crippen LogP contribution in [0.3, 0.4) is 0 Å². The third-order valence-electron chi connectivity index (χ3n) is 12.2. The SMILES string of the molecule is C[C@H](O)[C@@H](NC(=O)[C@@]12C[C@H]3OC(=O)[C@@H]1N(Cc1cccc(C=CC4CCC5OC5C4)c1)O[C@@H]2[C@H]1OC(c2ccccc2)(c2ccccc2)O[C@H]13)C(=O)NCCO. The largest absolute Gasteiger partial charge is 0.458 e. The lowest BCUT2D eigenvalue weighted by Crippen LogP contribution is -2.71. The Hall–Kier alpha value is -4.47. The third kappa shape index (κ3) is 6.45. The second-order valence-electron chi connectivity index (χ2n) is 15.8. The topological polar surface area (TPSA) is 168 Å². The molecule has 4 saturated heterocycles. The van der Waals surface area contributed by atoms with E-state index in [0.29, 0.717) is 29.3 Å². The summed E-state index contributed by atoms with van der Waals surface area (Å²) in [5, 5.41) is 26.9. The Morgan fingerprint density at radius 1 is 0.946 bits per heavy atom. The van der Waals surface area contributed by atoms with Gasteiger partial charge in [-0.05, 0) is 43.2 Å². The molecule has 56 heavy (non-hydrogen) atoms. The third-order valence-corrected chi connectivity index (χ3v) is 12.2. The monoisotopic (exact) mass is 765 g/mol. The number of hydrogen-bond donors (Lipinski definition) is 4. The molecule has 2 amide bonds. The number of allylic oxidation sites excluding steroid dienone is 1. The van der Waals surface area contributed by atoms with Crippen molar-refractivity contribution in [3.8, 4) is 0 Å². The molecule has 2 saturated carbocycles. The molecule has 13 heteroatoms. The molecule has 6 fully saturated rings. The fourth-order valence-electron chi connectivity index (χ4n) is 9.49. The molecule has 9 rings (SSSR count). The van der Waals surface area contributed by atoms with Gasteiger partial charge in [-0.3, -0.25) is 19.2 Å². The maximum atomic E-state index is 15.0. The fraction of sp³-hybridized carbons (Fsp3) is 0.465. The van der Waals surface area contributed by atoms with Crippen LogP contribution >= 0.6 is 0 Å². The van der Waals surface area contributed by atoms with Gasteiger partial charge in [-0.15, -0.1) is 0 Å². The number of carbonyl (C=O) groups excluding carboxylic acids is 3. The van der Waals surface area contributed by atoms with Gasteiger partial charge in [0.2, 0.25) is 17.6 Å². The molecule has 4 N–H and O–H groups in total. The first kappa shape index (κ1) is 37.1. The highest BCUT2D eigenvalue weighted by atomic mass is 16.8. The second-order valence-corrected chi connectivity index (χ2v) is 15.8. The van der Waals surface area contributed by atoms with Crippen LogP contribution in [0.15, 0.2) is 91.0 Å². The molecule has 13 nitrogen and oxygen atoms in total. The minimum atomic E-state index is -1.61. The first-order chi connectivity index (χ1) is 27.2. The van der Waals surface area contributed by atoms with Crippen LogP contribution in [0.4, 0.5) is 0 Å². The van der Waals surface area contributed by atoms with Gasteiger partial charge in [0.15, 0.2) is 6.04 Å². The Balaban J connectivity index is 1.07. The van der Waals surface area contributed by atoms with Gasteiger partial charge in [0.1, 0.15) is 35.9 Å². The maximum Gasteiger partial charge on any atom is 0.327 e. The number of hydroxylamine groups is 2. The molecule has 3 unspecified atom stereocenters. The van der Waals surface area contributed by atoms with Crippen LogP contribution in [0, 0.1) is 11.3 Å². The molecule has 3 aromatic rings. The number of aliphatic hydroxyl groups is 2. The lowest BCUT2D eigenvalue weighted by molar-refractivity contribution is -0.213. The van der Waals surface area contributed by atoms with Crippen molar-refractivity contribution in [2.45, 2.75) is 99.8 Å². The molecule has 2 bridgehead atoms. The molecule has 4 heterocycles. The number of ether oxygens (including phenoxy) is 4. The van der Waals surface area contributed by atoms with Crippen molar-refractivity contribution in [2.24, 2.45) is 11.3 Å². The molecular formula is C43H47N3O10. The summed E-state index contributed by atoms with van der Waals surface area (Å²) in [5.41, 5.74) is 1.65. The smallest absolute Gasteiger partial charge is 0.327 e. The van der Waals surface area contributed by atoms with E-state index in [0.717, 1.165) is 30.4 Å². The van der Waals surface area contributed by atoms with Crippen molar-refractivity contribution in [1.29, 1.82) is 0 Å². The van der Waals surface area contributed by atoms with E-state index in [1.807, 2.05) is 84.9 Å². The predicted octanol–water partition coefficient (Wildman–Crippen LogP) is 2.73. The highest BCUT2D eigenvalue weighted by molar-refractivity contribution is 5.96. The molecule has 11 atom stereocenters. The Bertz CT molecular complexity index is 1940. The number of hydrogen-bond acceptors (Lipinski definition) is 11. The van der Waals surface area contributed by atoms with Crippen LogP contribution in [0.5, 0.6) is 0 Å². The van der Waals surface area contributed by atoms with Gasteiger partial charge in [-0.25, -0.2) is 0 Å². The van der Waals surface area contributed by atoms with E-state index >= 15 is 0 Å². The van der Waals surface area contributed by atoms with E-state index in [1.54, 1.807) is 0 Å². The maximum absolute atomic E-state index is 15.0. The van der Waals surface area contributed by atoms with Gasteiger partial charge >= 0.3 is 5.97 Å². The Morgan fingerprint density at radius 3 is 2.38 bits per heavy atom. The molecule has 0 aromatic heterocycles. The number of epoxide rings is 1. The standard InChI is InChI=1S/C43H47N3O10/c1-25(48)34(39(49)44-19-20-47)45-41(51)42-23-33-35-36(55-43(54-35,29-11-4-2-5-12-29)30-13-6-3-7-14-30)38(42)56-46(37(42)40(50)53-33)24-28-10-8-9-26(21-28)15-16-27-17-18-31-32(22-27)52-31/h2-16,21,25,27,31-38,47-48H,17-20,22-24H2,1H3,(H,44,49)(H,45,51)/t25-,27?,31?,32?,33+,34+,35-,36-,37-,38+,42-/m0/s1. The van der Waals surface area contributed by atoms with E-state index < -0.39 is 71.6 Å². The molecule has 4 aliphatic heterocycles. The number of fused-ring (bicyclic) bond motifs is 5. The first-order valence-electron chi connectivity index (χ1n) is 19.6. The van der Waals surface area contributed by atoms with Crippen molar-refractivity contribution in [2.75, 3.05) is 13.2 Å². The summed E-state index contributed by atoms with van der Waals surface area (Å²) in [6.45, 7) is 1.13. The van der Waals surface area contributed by atoms with Crippen LogP contribution in [0.25, 0.3) is 6.08 Å². The number of amides is 2. The number of benzene rings is 3. The van der Waals surface area contributed by atoms with E-state index in [4.69, 9.17) is 23.8 Å². The first-order valence-corrected chi connectivity index (χ1v) is 19.6. The molecule has 3 aromatic carbocycles. The summed E-state index contributed by atoms with van der Waals surface area (Å²) in [6, 6.07) is 24.3. The molecule has 6 aliphatic rings. The zero-order valence-corrected chi connectivity index (χ0v) is 31.1. The van der Waals surface area contributed by atoms with Crippen molar-refractivity contribution < 1.29 is 48.4 Å². The average Bonchev–Trinajstić information content (AvgIpc) is 3.73. The molecule has 2 aliphatic carbocycles. The van der Waals surface area contributed by atoms with Crippen molar-refractivity contribution in [3.05, 3.63) is 113 Å². The lowest BCUT2D eigenvalue weighted by atomic mass is 9.62. The summed E-state index contributed by atoms with van der Waals surface area (Å²) in [5.74, 6) is -2.98. The highest BCUT2D eigenvalue weighted by Gasteiger charge is 2.76. The number of carbonyl (C=O) groups is 3. The zero-order valence-electron chi connectivity index (χ0n) is 31.1. The normalized spacial score (nSPS) is 33.5. The minimum Gasteiger partial charge on any atom is -0.458 e. The molecule has 0 radical (unpaired) electrons.